The van der Waals surface area contributed by atoms with E-state index in [2.05, 4.69) is 11.8 Å². The molecule has 0 bridgehead atoms. The number of hydrogen-bond acceptors (Lipinski definition) is 7. The van der Waals surface area contributed by atoms with Crippen molar-refractivity contribution in [1.82, 2.24) is 5.06 Å². The molecule has 1 amide bonds. The van der Waals surface area contributed by atoms with Crippen molar-refractivity contribution in [1.29, 1.82) is 0 Å². The fraction of sp³-hybridized carbons (Fsp3) is 0.467. The van der Waals surface area contributed by atoms with Gasteiger partial charge in [0.15, 0.2) is 0 Å². The molecule has 1 aliphatic carbocycles. The second-order valence-electron chi connectivity index (χ2n) is 9.50. The van der Waals surface area contributed by atoms with Crippen LogP contribution in [0.15, 0.2) is 60.7 Å². The summed E-state index contributed by atoms with van der Waals surface area (Å²) >= 11 is 0. The lowest BCUT2D eigenvalue weighted by molar-refractivity contribution is -0.0905. The molecule has 2 aromatic carbocycles. The van der Waals surface area contributed by atoms with Gasteiger partial charge in [0, 0.05) is 6.42 Å². The quantitative estimate of drug-likeness (QED) is 0.178. The minimum atomic E-state index is -1.07. The van der Waals surface area contributed by atoms with Crippen molar-refractivity contribution < 1.29 is 37.8 Å². The van der Waals surface area contributed by atoms with E-state index >= 15 is 0 Å². The van der Waals surface area contributed by atoms with Crippen LogP contribution in [0.25, 0.3) is 0 Å². The maximum Gasteiger partial charge on any atom is 0.539 e. The van der Waals surface area contributed by atoms with Gasteiger partial charge in [0.25, 0.3) is 0 Å². The van der Waals surface area contributed by atoms with Gasteiger partial charge in [-0.15, -0.1) is 5.06 Å². The van der Waals surface area contributed by atoms with Gasteiger partial charge < -0.3 is 18.9 Å². The number of para-hydroxylation sites is 2. The van der Waals surface area contributed by atoms with Gasteiger partial charge in [0.05, 0.1) is 25.4 Å². The molecule has 2 fully saturated rings. The zero-order valence-corrected chi connectivity index (χ0v) is 21.8. The molecule has 1 heterocycles. The number of carbonyl (C=O) groups excluding carboxylic acids is 2. The van der Waals surface area contributed by atoms with Gasteiger partial charge in [-0.2, -0.15) is 0 Å². The molecule has 0 N–H and O–H groups in total. The molecule has 39 heavy (non-hydrogen) atoms. The first kappa shape index (κ1) is 28.4. The van der Waals surface area contributed by atoms with Crippen molar-refractivity contribution >= 4 is 12.2 Å². The Morgan fingerprint density at radius 2 is 1.56 bits per heavy atom. The highest BCUT2D eigenvalue weighted by Gasteiger charge is 2.26. The first-order valence-corrected chi connectivity index (χ1v) is 13.4. The molecule has 0 spiro atoms. The maximum atomic E-state index is 13.3. The Morgan fingerprint density at radius 1 is 0.897 bits per heavy atom. The highest BCUT2D eigenvalue weighted by atomic mass is 19.1. The summed E-state index contributed by atoms with van der Waals surface area (Å²) < 4.78 is 35.8. The maximum absolute atomic E-state index is 13.3. The highest BCUT2D eigenvalue weighted by Crippen LogP contribution is 2.25. The lowest BCUT2D eigenvalue weighted by Crippen LogP contribution is -2.37. The van der Waals surface area contributed by atoms with Crippen LogP contribution < -0.4 is 9.47 Å². The lowest BCUT2D eigenvalue weighted by atomic mass is 9.96. The van der Waals surface area contributed by atoms with E-state index in [0.29, 0.717) is 25.2 Å². The van der Waals surface area contributed by atoms with Crippen molar-refractivity contribution in [3.63, 3.8) is 0 Å². The minimum absolute atomic E-state index is 0.0287. The van der Waals surface area contributed by atoms with Gasteiger partial charge >= 0.3 is 12.2 Å². The molecule has 0 radical (unpaired) electrons. The van der Waals surface area contributed by atoms with E-state index in [1.165, 1.54) is 0 Å². The van der Waals surface area contributed by atoms with E-state index < -0.39 is 18.4 Å². The third-order valence-electron chi connectivity index (χ3n) is 6.45. The van der Waals surface area contributed by atoms with E-state index in [0.717, 1.165) is 37.2 Å². The molecule has 208 valence electrons. The molecular formula is C30H34FNO7. The first-order valence-electron chi connectivity index (χ1n) is 13.4. The van der Waals surface area contributed by atoms with Crippen LogP contribution >= 0.6 is 0 Å². The highest BCUT2D eigenvalue weighted by molar-refractivity contribution is 5.72. The number of hydroxylamine groups is 2. The summed E-state index contributed by atoms with van der Waals surface area (Å²) in [4.78, 5) is 30.2. The fourth-order valence-corrected chi connectivity index (χ4v) is 4.41. The third kappa shape index (κ3) is 9.89. The number of rotatable bonds is 7. The molecule has 0 aromatic heterocycles. The molecule has 1 saturated heterocycles. The van der Waals surface area contributed by atoms with Crippen molar-refractivity contribution in [2.45, 2.75) is 75.9 Å². The van der Waals surface area contributed by atoms with Gasteiger partial charge in [0.2, 0.25) is 0 Å². The Morgan fingerprint density at radius 3 is 2.26 bits per heavy atom. The van der Waals surface area contributed by atoms with Gasteiger partial charge in [-0.1, -0.05) is 48.2 Å². The molecule has 9 heteroatoms. The lowest BCUT2D eigenvalue weighted by Gasteiger charge is -2.30. The summed E-state index contributed by atoms with van der Waals surface area (Å²) in [5.41, 5.74) is 0. The molecule has 2 aliphatic rings. The van der Waals surface area contributed by atoms with Crippen molar-refractivity contribution in [2.75, 3.05) is 13.2 Å². The number of amides is 1. The zero-order chi connectivity index (χ0) is 27.3. The van der Waals surface area contributed by atoms with Crippen LogP contribution in [0.5, 0.6) is 11.5 Å². The average molecular weight is 540 g/mol. The molecule has 1 aliphatic heterocycles. The predicted octanol–water partition coefficient (Wildman–Crippen LogP) is 6.25. The topological polar surface area (TPSA) is 83.5 Å². The standard InChI is InChI=1S/C30H34FNO7/c31-23-17-19-24(20-18-23)35-22-28-16-9-15-25(36-28)14-7-8-21-32(29(33)37-26-10-3-1-4-11-26)39-30(34)38-27-12-5-2-6-13-27/h1-6,10-13,23-25,28H,8-9,15-22H2. The van der Waals surface area contributed by atoms with Crippen LogP contribution in [0.2, 0.25) is 0 Å². The van der Waals surface area contributed by atoms with E-state index in [9.17, 15) is 14.0 Å². The zero-order valence-electron chi connectivity index (χ0n) is 21.8. The molecule has 2 unspecified atom stereocenters. The molecular weight excluding hydrogens is 505 g/mol. The van der Waals surface area contributed by atoms with E-state index in [4.69, 9.17) is 23.8 Å². The molecule has 2 atom stereocenters. The Balaban J connectivity index is 1.27. The van der Waals surface area contributed by atoms with Gasteiger partial charge in [-0.05, 0) is 69.2 Å². The van der Waals surface area contributed by atoms with E-state index in [1.807, 2.05) is 0 Å². The first-order chi connectivity index (χ1) is 19.0. The Kier molecular flexibility index (Phi) is 11.0. The van der Waals surface area contributed by atoms with Gasteiger partial charge in [-0.25, -0.2) is 14.0 Å². The fourth-order valence-electron chi connectivity index (χ4n) is 4.41. The number of ether oxygens (including phenoxy) is 4. The number of hydrogen-bond donors (Lipinski definition) is 0. The number of nitrogens with zero attached hydrogens (tertiary/aromatic N) is 1. The largest absolute Gasteiger partial charge is 0.539 e. The van der Waals surface area contributed by atoms with Crippen molar-refractivity contribution in [3.05, 3.63) is 60.7 Å². The summed E-state index contributed by atoms with van der Waals surface area (Å²) in [5.74, 6) is 6.71. The van der Waals surface area contributed by atoms with Crippen LogP contribution in [0.3, 0.4) is 0 Å². The van der Waals surface area contributed by atoms with E-state index in [1.54, 1.807) is 60.7 Å². The van der Waals surface area contributed by atoms with Crippen LogP contribution in [0.4, 0.5) is 14.0 Å². The molecule has 1 saturated carbocycles. The summed E-state index contributed by atoms with van der Waals surface area (Å²) in [6, 6.07) is 16.9. The third-order valence-corrected chi connectivity index (χ3v) is 6.45. The molecule has 8 nitrogen and oxygen atoms in total. The van der Waals surface area contributed by atoms with Crippen molar-refractivity contribution in [2.24, 2.45) is 0 Å². The number of benzene rings is 2. The Bertz CT molecular complexity index is 1100. The van der Waals surface area contributed by atoms with Crippen LogP contribution in [-0.2, 0) is 14.3 Å². The predicted molar refractivity (Wildman–Crippen MR) is 141 cm³/mol. The van der Waals surface area contributed by atoms with Crippen LogP contribution in [0.1, 0.15) is 51.4 Å². The Hall–Kier alpha value is -3.61. The monoisotopic (exact) mass is 539 g/mol. The average Bonchev–Trinajstić information content (AvgIpc) is 2.95. The normalized spacial score (nSPS) is 22.6. The van der Waals surface area contributed by atoms with Crippen LogP contribution in [-0.4, -0.2) is 54.9 Å². The second-order valence-corrected chi connectivity index (χ2v) is 9.50. The number of halogens is 1. The summed E-state index contributed by atoms with van der Waals surface area (Å²) in [5, 5.41) is 0.789. The van der Waals surface area contributed by atoms with Crippen LogP contribution in [0, 0.1) is 11.8 Å². The smallest absolute Gasteiger partial charge is 0.408 e. The summed E-state index contributed by atoms with van der Waals surface area (Å²) in [6.45, 7) is 0.454. The number of alkyl halides is 1. The number of carbonyl (C=O) groups is 2. The van der Waals surface area contributed by atoms with Gasteiger partial charge in [0.1, 0.15) is 23.8 Å². The SMILES string of the molecule is O=C(Oc1ccccc1)ON(CCC#CC1CCCC(COC2CCC(F)CC2)O1)C(=O)Oc1ccccc1. The van der Waals surface area contributed by atoms with E-state index in [-0.39, 0.29) is 37.0 Å². The van der Waals surface area contributed by atoms with Crippen molar-refractivity contribution in [3.8, 4) is 23.3 Å². The summed E-state index contributed by atoms with van der Waals surface area (Å²) in [6.07, 6.45) is 2.67. The molecule has 4 rings (SSSR count). The molecule has 2 aromatic rings. The minimum Gasteiger partial charge on any atom is -0.408 e. The van der Waals surface area contributed by atoms with Gasteiger partial charge in [-0.3, -0.25) is 4.84 Å². The Labute approximate surface area is 228 Å². The summed E-state index contributed by atoms with van der Waals surface area (Å²) in [7, 11) is 0. The second kappa shape index (κ2) is 15.1.